The predicted octanol–water partition coefficient (Wildman–Crippen LogP) is 0.552. The third-order valence-electron chi connectivity index (χ3n) is 4.68. The van der Waals surface area contributed by atoms with E-state index in [2.05, 4.69) is 9.88 Å². The molecule has 0 bridgehead atoms. The molecular weight excluding hydrogens is 292 g/mol. The lowest BCUT2D eigenvalue weighted by Crippen LogP contribution is -2.50. The first-order chi connectivity index (χ1) is 11.2. The van der Waals surface area contributed by atoms with Gasteiger partial charge < -0.3 is 9.80 Å². The summed E-state index contributed by atoms with van der Waals surface area (Å²) in [5, 5.41) is 0. The molecule has 1 aromatic rings. The van der Waals surface area contributed by atoms with Gasteiger partial charge in [-0.1, -0.05) is 6.07 Å². The largest absolute Gasteiger partial charge is 0.343 e. The van der Waals surface area contributed by atoms with E-state index in [1.54, 1.807) is 0 Å². The van der Waals surface area contributed by atoms with Gasteiger partial charge in [0.2, 0.25) is 11.8 Å². The lowest BCUT2D eigenvalue weighted by Gasteiger charge is -2.31. The summed E-state index contributed by atoms with van der Waals surface area (Å²) in [5.74, 6) is 1.33. The molecule has 2 aliphatic heterocycles. The highest BCUT2D eigenvalue weighted by molar-refractivity contribution is 5.84. The van der Waals surface area contributed by atoms with Crippen LogP contribution in [0.2, 0.25) is 0 Å². The number of hydrogen-bond donors (Lipinski definition) is 0. The minimum atomic E-state index is 0.106. The molecule has 0 aromatic carbocycles. The number of carbonyl (C=O) groups is 2. The quantitative estimate of drug-likeness (QED) is 0.815. The Morgan fingerprint density at radius 2 is 1.48 bits per heavy atom. The summed E-state index contributed by atoms with van der Waals surface area (Å²) in [6, 6.07) is 6.01. The van der Waals surface area contributed by atoms with Crippen molar-refractivity contribution in [1.29, 1.82) is 0 Å². The van der Waals surface area contributed by atoms with Gasteiger partial charge in [-0.05, 0) is 18.9 Å². The zero-order valence-electron chi connectivity index (χ0n) is 13.5. The van der Waals surface area contributed by atoms with E-state index >= 15 is 0 Å². The summed E-state index contributed by atoms with van der Waals surface area (Å²) >= 11 is 0. The first-order valence-corrected chi connectivity index (χ1v) is 8.51. The number of nitrogens with zero attached hydrogens (tertiary/aromatic N) is 3. The average Bonchev–Trinajstić information content (AvgIpc) is 3.15. The topological polar surface area (TPSA) is 58.0 Å². The molecule has 0 atom stereocenters. The molecule has 0 spiro atoms. The van der Waals surface area contributed by atoms with Gasteiger partial charge in [-0.25, -0.2) is 4.98 Å². The van der Waals surface area contributed by atoms with Gasteiger partial charge in [-0.15, -0.1) is 0 Å². The van der Waals surface area contributed by atoms with Crippen LogP contribution in [-0.2, 0) is 9.59 Å². The summed E-state index contributed by atoms with van der Waals surface area (Å²) in [6.07, 6.45) is 4.80. The smallest absolute Gasteiger partial charge is 0.274 e. The van der Waals surface area contributed by atoms with E-state index in [1.807, 2.05) is 34.2 Å². The lowest BCUT2D eigenvalue weighted by atomic mass is 10.2. The van der Waals surface area contributed by atoms with E-state index in [1.165, 1.54) is 0 Å². The van der Waals surface area contributed by atoms with Gasteiger partial charge in [0.05, 0.1) is 19.3 Å². The molecule has 0 aliphatic carbocycles. The number of rotatable bonds is 4. The molecule has 124 valence electrons. The zero-order valence-corrected chi connectivity index (χ0v) is 13.5. The van der Waals surface area contributed by atoms with Gasteiger partial charge >= 0.3 is 0 Å². The molecule has 1 N–H and O–H groups in total. The molecule has 1 aromatic heterocycles. The summed E-state index contributed by atoms with van der Waals surface area (Å²) in [5.41, 5.74) is 0. The molecular formula is C17H25N4O2+. The second-order valence-corrected chi connectivity index (χ2v) is 6.20. The zero-order chi connectivity index (χ0) is 16.1. The van der Waals surface area contributed by atoms with E-state index in [-0.39, 0.29) is 11.8 Å². The number of carbonyl (C=O) groups excluding carboxylic acids is 2. The van der Waals surface area contributed by atoms with E-state index < -0.39 is 0 Å². The summed E-state index contributed by atoms with van der Waals surface area (Å²) in [6.45, 7) is 4.82. The number of hydrogen-bond acceptors (Lipinski definition) is 3. The average molecular weight is 317 g/mol. The summed E-state index contributed by atoms with van der Waals surface area (Å²) in [7, 11) is 0. The van der Waals surface area contributed by atoms with E-state index in [4.69, 9.17) is 0 Å². The molecule has 2 aliphatic rings. The minimum Gasteiger partial charge on any atom is -0.343 e. The summed E-state index contributed by atoms with van der Waals surface area (Å²) < 4.78 is 0. The van der Waals surface area contributed by atoms with E-state index in [0.29, 0.717) is 12.8 Å². The Bertz CT molecular complexity index is 535. The molecule has 0 unspecified atom stereocenters. The molecule has 3 heterocycles. The van der Waals surface area contributed by atoms with Crippen molar-refractivity contribution in [3.05, 3.63) is 24.4 Å². The van der Waals surface area contributed by atoms with Crippen LogP contribution in [0.4, 0.5) is 5.82 Å². The maximum Gasteiger partial charge on any atom is 0.274 e. The second-order valence-electron chi connectivity index (χ2n) is 6.20. The van der Waals surface area contributed by atoms with Gasteiger partial charge in [0.1, 0.15) is 13.1 Å². The fourth-order valence-electron chi connectivity index (χ4n) is 3.27. The second kappa shape index (κ2) is 7.44. The van der Waals surface area contributed by atoms with Crippen LogP contribution in [0.15, 0.2) is 24.4 Å². The number of aromatic nitrogens is 1. The van der Waals surface area contributed by atoms with Crippen molar-refractivity contribution in [1.82, 2.24) is 9.80 Å². The van der Waals surface area contributed by atoms with Gasteiger partial charge in [-0.3, -0.25) is 14.5 Å². The fraction of sp³-hybridized carbons (Fsp3) is 0.588. The van der Waals surface area contributed by atoms with Crippen LogP contribution in [0.1, 0.15) is 25.7 Å². The normalized spacial score (nSPS) is 18.3. The number of piperazine rings is 1. The van der Waals surface area contributed by atoms with E-state index in [0.717, 1.165) is 57.9 Å². The Morgan fingerprint density at radius 1 is 0.870 bits per heavy atom. The first kappa shape index (κ1) is 15.8. The molecule has 2 fully saturated rings. The highest BCUT2D eigenvalue weighted by Crippen LogP contribution is 2.13. The molecule has 3 rings (SSSR count). The van der Waals surface area contributed by atoms with Crippen LogP contribution < -0.4 is 9.88 Å². The molecule has 0 saturated carbocycles. The standard InChI is InChI=1S/C17H24N4O2/c22-16(20-9-3-4-10-20)6-7-17(23)21-13-11-19(12-14-21)15-5-1-2-8-18-15/h1-2,5,8H,3-4,6-7,9-14H2/p+1. The van der Waals surface area contributed by atoms with Crippen molar-refractivity contribution >= 4 is 17.6 Å². The number of pyridine rings is 1. The van der Waals surface area contributed by atoms with E-state index in [9.17, 15) is 9.59 Å². The third-order valence-corrected chi connectivity index (χ3v) is 4.68. The van der Waals surface area contributed by atoms with Crippen molar-refractivity contribution in [3.8, 4) is 0 Å². The number of H-pyrrole nitrogens is 1. The maximum absolute atomic E-state index is 12.3. The van der Waals surface area contributed by atoms with Crippen LogP contribution in [0.5, 0.6) is 0 Å². The number of nitrogens with one attached hydrogen (secondary N) is 1. The van der Waals surface area contributed by atoms with Crippen molar-refractivity contribution < 1.29 is 14.6 Å². The molecule has 0 radical (unpaired) electrons. The van der Waals surface area contributed by atoms with Crippen molar-refractivity contribution in [2.75, 3.05) is 44.2 Å². The number of likely N-dealkylation sites (tertiary alicyclic amines) is 1. The summed E-state index contributed by atoms with van der Waals surface area (Å²) in [4.78, 5) is 33.5. The number of amides is 2. The number of aromatic amines is 1. The Labute approximate surface area is 137 Å². The maximum atomic E-state index is 12.3. The molecule has 23 heavy (non-hydrogen) atoms. The highest BCUT2D eigenvalue weighted by Gasteiger charge is 2.26. The molecule has 2 amide bonds. The minimum absolute atomic E-state index is 0.106. The van der Waals surface area contributed by atoms with Gasteiger partial charge in [-0.2, -0.15) is 0 Å². The lowest BCUT2D eigenvalue weighted by molar-refractivity contribution is -0.364. The van der Waals surface area contributed by atoms with Gasteiger partial charge in [0.25, 0.3) is 5.82 Å². The Balaban J connectivity index is 1.42. The van der Waals surface area contributed by atoms with Crippen LogP contribution in [0.25, 0.3) is 0 Å². The Kier molecular flexibility index (Phi) is 5.10. The van der Waals surface area contributed by atoms with Gasteiger partial charge in [0, 0.05) is 32.0 Å². The Hall–Kier alpha value is -2.11. The van der Waals surface area contributed by atoms with Crippen LogP contribution in [0, 0.1) is 0 Å². The Morgan fingerprint density at radius 3 is 2.04 bits per heavy atom. The third kappa shape index (κ3) is 4.00. The highest BCUT2D eigenvalue weighted by atomic mass is 16.2. The van der Waals surface area contributed by atoms with Crippen molar-refractivity contribution in [2.24, 2.45) is 0 Å². The fourth-order valence-corrected chi connectivity index (χ4v) is 3.27. The first-order valence-electron chi connectivity index (χ1n) is 8.51. The molecule has 2 saturated heterocycles. The van der Waals surface area contributed by atoms with Gasteiger partial charge in [0.15, 0.2) is 0 Å². The van der Waals surface area contributed by atoms with Crippen LogP contribution >= 0.6 is 0 Å². The van der Waals surface area contributed by atoms with Crippen LogP contribution in [-0.4, -0.2) is 60.9 Å². The molecule has 6 heteroatoms. The van der Waals surface area contributed by atoms with Crippen molar-refractivity contribution in [2.45, 2.75) is 25.7 Å². The SMILES string of the molecule is O=C(CCC(=O)N1CCN(c2cccc[nH+]2)CC1)N1CCCC1. The monoisotopic (exact) mass is 317 g/mol. The molecule has 6 nitrogen and oxygen atoms in total. The van der Waals surface area contributed by atoms with Crippen molar-refractivity contribution in [3.63, 3.8) is 0 Å². The number of anilines is 1. The van der Waals surface area contributed by atoms with Crippen LogP contribution in [0.3, 0.4) is 0 Å². The predicted molar refractivity (Wildman–Crippen MR) is 86.8 cm³/mol.